The van der Waals surface area contributed by atoms with Crippen molar-refractivity contribution >= 4 is 11.3 Å². The number of aryl methyl sites for hydroxylation is 3. The van der Waals surface area contributed by atoms with E-state index in [1.165, 1.54) is 16.7 Å². The van der Waals surface area contributed by atoms with Gasteiger partial charge in [0.05, 0.1) is 10.7 Å². The van der Waals surface area contributed by atoms with Gasteiger partial charge in [-0.25, -0.2) is 4.98 Å². The molecule has 0 saturated carbocycles. The van der Waals surface area contributed by atoms with E-state index in [1.54, 1.807) is 11.3 Å². The molecule has 1 heterocycles. The highest BCUT2D eigenvalue weighted by Gasteiger charge is 2.02. The summed E-state index contributed by atoms with van der Waals surface area (Å²) in [5, 5.41) is 6.71. The van der Waals surface area contributed by atoms with Crippen LogP contribution in [0.25, 0.3) is 0 Å². The summed E-state index contributed by atoms with van der Waals surface area (Å²) in [6.45, 7) is 8.13. The van der Waals surface area contributed by atoms with Gasteiger partial charge in [0, 0.05) is 18.5 Å². The van der Waals surface area contributed by atoms with Crippen LogP contribution in [0.5, 0.6) is 0 Å². The number of benzene rings is 1. The van der Waals surface area contributed by atoms with E-state index in [1.807, 2.05) is 6.92 Å². The van der Waals surface area contributed by atoms with Crippen LogP contribution < -0.4 is 5.32 Å². The van der Waals surface area contributed by atoms with E-state index in [4.69, 9.17) is 0 Å². The molecule has 1 aromatic heterocycles. The maximum atomic E-state index is 4.44. The zero-order chi connectivity index (χ0) is 12.3. The van der Waals surface area contributed by atoms with Crippen LogP contribution in [0.1, 0.15) is 27.4 Å². The van der Waals surface area contributed by atoms with Crippen molar-refractivity contribution in [2.45, 2.75) is 33.9 Å². The Bertz CT molecular complexity index is 482. The average Bonchev–Trinajstić information content (AvgIpc) is 2.69. The highest BCUT2D eigenvalue weighted by Crippen LogP contribution is 2.13. The molecule has 0 radical (unpaired) electrons. The van der Waals surface area contributed by atoms with Crippen LogP contribution in [0, 0.1) is 20.8 Å². The molecular formula is C14H18N2S. The molecule has 0 spiro atoms. The Morgan fingerprint density at radius 3 is 2.41 bits per heavy atom. The lowest BCUT2D eigenvalue weighted by atomic mass is 10.0. The lowest BCUT2D eigenvalue weighted by Gasteiger charge is -2.10. The van der Waals surface area contributed by atoms with E-state index in [0.29, 0.717) is 0 Å². The molecule has 2 rings (SSSR count). The molecule has 0 saturated heterocycles. The van der Waals surface area contributed by atoms with Crippen molar-refractivity contribution in [1.29, 1.82) is 0 Å². The molecule has 2 nitrogen and oxygen atoms in total. The van der Waals surface area contributed by atoms with E-state index < -0.39 is 0 Å². The third-order valence-corrected chi connectivity index (χ3v) is 3.74. The Labute approximate surface area is 107 Å². The Morgan fingerprint density at radius 1 is 1.12 bits per heavy atom. The fourth-order valence-electron chi connectivity index (χ4n) is 1.93. The van der Waals surface area contributed by atoms with E-state index in [2.05, 4.69) is 47.7 Å². The molecule has 3 heteroatoms. The highest BCUT2D eigenvalue weighted by molar-refractivity contribution is 7.09. The fourth-order valence-corrected chi connectivity index (χ4v) is 2.55. The van der Waals surface area contributed by atoms with Crippen LogP contribution in [-0.4, -0.2) is 4.98 Å². The second kappa shape index (κ2) is 5.43. The maximum absolute atomic E-state index is 4.44. The average molecular weight is 246 g/mol. The van der Waals surface area contributed by atoms with Crippen molar-refractivity contribution < 1.29 is 0 Å². The first-order valence-corrected chi connectivity index (χ1v) is 6.71. The molecule has 0 aliphatic rings. The third kappa shape index (κ3) is 3.14. The first kappa shape index (κ1) is 12.3. The Kier molecular flexibility index (Phi) is 3.92. The van der Waals surface area contributed by atoms with Crippen molar-refractivity contribution in [3.63, 3.8) is 0 Å². The zero-order valence-electron chi connectivity index (χ0n) is 10.6. The molecule has 0 fully saturated rings. The van der Waals surface area contributed by atoms with E-state index >= 15 is 0 Å². The second-order valence-corrected chi connectivity index (χ2v) is 5.39. The number of rotatable bonds is 4. The molecule has 0 atom stereocenters. The molecular weight excluding hydrogens is 228 g/mol. The standard InChI is InChI=1S/C14H18N2S/c1-10-5-4-6-11(2)14(10)8-15-7-13-9-17-12(3)16-13/h4-6,9,15H,7-8H2,1-3H3. The van der Waals surface area contributed by atoms with E-state index in [-0.39, 0.29) is 0 Å². The normalized spacial score (nSPS) is 10.8. The summed E-state index contributed by atoms with van der Waals surface area (Å²) in [5.41, 5.74) is 5.25. The largest absolute Gasteiger partial charge is 0.307 e. The fraction of sp³-hybridized carbons (Fsp3) is 0.357. The molecule has 0 amide bonds. The Hall–Kier alpha value is -1.19. The Morgan fingerprint density at radius 2 is 1.82 bits per heavy atom. The van der Waals surface area contributed by atoms with Gasteiger partial charge in [-0.1, -0.05) is 18.2 Å². The van der Waals surface area contributed by atoms with Crippen molar-refractivity contribution in [3.05, 3.63) is 51.0 Å². The maximum Gasteiger partial charge on any atom is 0.0897 e. The molecule has 0 bridgehead atoms. The van der Waals surface area contributed by atoms with Crippen LogP contribution >= 0.6 is 11.3 Å². The topological polar surface area (TPSA) is 24.9 Å². The minimum atomic E-state index is 0.845. The quantitative estimate of drug-likeness (QED) is 0.894. The van der Waals surface area contributed by atoms with Gasteiger partial charge in [0.1, 0.15) is 0 Å². The number of nitrogens with zero attached hydrogens (tertiary/aromatic N) is 1. The summed E-state index contributed by atoms with van der Waals surface area (Å²) in [5.74, 6) is 0. The molecule has 2 aromatic rings. The summed E-state index contributed by atoms with van der Waals surface area (Å²) in [6.07, 6.45) is 0. The van der Waals surface area contributed by atoms with Crippen LogP contribution in [0.2, 0.25) is 0 Å². The molecule has 0 unspecified atom stereocenters. The molecule has 0 aliphatic carbocycles. The van der Waals surface area contributed by atoms with Gasteiger partial charge in [-0.15, -0.1) is 11.3 Å². The van der Waals surface area contributed by atoms with Crippen LogP contribution in [0.4, 0.5) is 0 Å². The van der Waals surface area contributed by atoms with Crippen molar-refractivity contribution in [2.24, 2.45) is 0 Å². The monoisotopic (exact) mass is 246 g/mol. The van der Waals surface area contributed by atoms with Gasteiger partial charge in [-0.05, 0) is 37.5 Å². The van der Waals surface area contributed by atoms with Gasteiger partial charge < -0.3 is 5.32 Å². The summed E-state index contributed by atoms with van der Waals surface area (Å²) >= 11 is 1.71. The molecule has 90 valence electrons. The van der Waals surface area contributed by atoms with Crippen molar-refractivity contribution in [3.8, 4) is 0 Å². The summed E-state index contributed by atoms with van der Waals surface area (Å²) in [6, 6.07) is 6.44. The lowest BCUT2D eigenvalue weighted by Crippen LogP contribution is -2.14. The predicted octanol–water partition coefficient (Wildman–Crippen LogP) is 3.36. The smallest absolute Gasteiger partial charge is 0.0897 e. The first-order valence-electron chi connectivity index (χ1n) is 5.83. The van der Waals surface area contributed by atoms with Crippen LogP contribution in [-0.2, 0) is 13.1 Å². The SMILES string of the molecule is Cc1nc(CNCc2c(C)cccc2C)cs1. The lowest BCUT2D eigenvalue weighted by molar-refractivity contribution is 0.676. The number of nitrogens with one attached hydrogen (secondary N) is 1. The summed E-state index contributed by atoms with van der Waals surface area (Å²) in [7, 11) is 0. The van der Waals surface area contributed by atoms with Gasteiger partial charge in [-0.3, -0.25) is 0 Å². The summed E-state index contributed by atoms with van der Waals surface area (Å²) in [4.78, 5) is 4.44. The Balaban J connectivity index is 1.94. The minimum Gasteiger partial charge on any atom is -0.307 e. The van der Waals surface area contributed by atoms with E-state index in [9.17, 15) is 0 Å². The van der Waals surface area contributed by atoms with E-state index in [0.717, 1.165) is 23.8 Å². The summed E-state index contributed by atoms with van der Waals surface area (Å²) < 4.78 is 0. The van der Waals surface area contributed by atoms with Gasteiger partial charge in [0.2, 0.25) is 0 Å². The highest BCUT2D eigenvalue weighted by atomic mass is 32.1. The second-order valence-electron chi connectivity index (χ2n) is 4.33. The number of thiazole rings is 1. The number of hydrogen-bond donors (Lipinski definition) is 1. The van der Waals surface area contributed by atoms with Crippen LogP contribution in [0.15, 0.2) is 23.6 Å². The molecule has 1 aromatic carbocycles. The van der Waals surface area contributed by atoms with Gasteiger partial charge in [0.15, 0.2) is 0 Å². The predicted molar refractivity (Wildman–Crippen MR) is 73.3 cm³/mol. The van der Waals surface area contributed by atoms with Gasteiger partial charge >= 0.3 is 0 Å². The molecule has 1 N–H and O–H groups in total. The molecule has 17 heavy (non-hydrogen) atoms. The van der Waals surface area contributed by atoms with Crippen LogP contribution in [0.3, 0.4) is 0 Å². The number of hydrogen-bond acceptors (Lipinski definition) is 3. The van der Waals surface area contributed by atoms with Gasteiger partial charge in [0.25, 0.3) is 0 Å². The number of aromatic nitrogens is 1. The zero-order valence-corrected chi connectivity index (χ0v) is 11.4. The first-order chi connectivity index (χ1) is 8.16. The van der Waals surface area contributed by atoms with Crippen molar-refractivity contribution in [2.75, 3.05) is 0 Å². The van der Waals surface area contributed by atoms with Crippen molar-refractivity contribution in [1.82, 2.24) is 10.3 Å². The third-order valence-electron chi connectivity index (χ3n) is 2.92. The molecule has 0 aliphatic heterocycles. The van der Waals surface area contributed by atoms with Gasteiger partial charge in [-0.2, -0.15) is 0 Å². The minimum absolute atomic E-state index is 0.845.